The van der Waals surface area contributed by atoms with Crippen LogP contribution in [0.15, 0.2) is 0 Å². The first-order chi connectivity index (χ1) is 7.09. The van der Waals surface area contributed by atoms with E-state index in [1.165, 1.54) is 25.7 Å². The van der Waals surface area contributed by atoms with Gasteiger partial charge in [-0.3, -0.25) is 11.3 Å². The van der Waals surface area contributed by atoms with Gasteiger partial charge in [0.2, 0.25) is 0 Å². The molecule has 0 spiro atoms. The number of ether oxygens (including phenoxy) is 1. The molecule has 0 aromatic heterocycles. The zero-order valence-electron chi connectivity index (χ0n) is 10.4. The van der Waals surface area contributed by atoms with Gasteiger partial charge in [0.25, 0.3) is 0 Å². The normalized spacial score (nSPS) is 24.0. The number of nitrogens with one attached hydrogen (secondary N) is 1. The van der Waals surface area contributed by atoms with Crippen molar-refractivity contribution in [1.29, 1.82) is 0 Å². The molecule has 3 N–H and O–H groups in total. The van der Waals surface area contributed by atoms with Crippen LogP contribution in [0.4, 0.5) is 0 Å². The lowest BCUT2D eigenvalue weighted by molar-refractivity contribution is 0.0774. The monoisotopic (exact) mass is 214 g/mol. The molecule has 0 aromatic rings. The molecule has 90 valence electrons. The smallest absolute Gasteiger partial charge is 0.0635 e. The van der Waals surface area contributed by atoms with Crippen LogP contribution in [0, 0.1) is 11.3 Å². The first kappa shape index (κ1) is 12.9. The van der Waals surface area contributed by atoms with Gasteiger partial charge in [0.05, 0.1) is 6.61 Å². The Kier molecular flexibility index (Phi) is 5.03. The van der Waals surface area contributed by atoms with Crippen molar-refractivity contribution in [1.82, 2.24) is 5.43 Å². The van der Waals surface area contributed by atoms with Gasteiger partial charge in [-0.15, -0.1) is 0 Å². The molecule has 0 bridgehead atoms. The van der Waals surface area contributed by atoms with Crippen molar-refractivity contribution in [3.8, 4) is 0 Å². The minimum atomic E-state index is 0.334. The highest BCUT2D eigenvalue weighted by molar-refractivity contribution is 4.84. The molecule has 1 fully saturated rings. The lowest BCUT2D eigenvalue weighted by atomic mass is 9.71. The minimum Gasteiger partial charge on any atom is -0.380 e. The Labute approximate surface area is 93.7 Å². The zero-order chi connectivity index (χ0) is 11.3. The molecule has 0 heterocycles. The van der Waals surface area contributed by atoms with Crippen LogP contribution in [0.1, 0.15) is 46.5 Å². The predicted molar refractivity (Wildman–Crippen MR) is 63.3 cm³/mol. The van der Waals surface area contributed by atoms with Crippen molar-refractivity contribution in [3.63, 3.8) is 0 Å². The topological polar surface area (TPSA) is 47.3 Å². The highest BCUT2D eigenvalue weighted by Gasteiger charge is 2.30. The molecule has 1 unspecified atom stereocenters. The second-order valence-electron chi connectivity index (χ2n) is 5.43. The largest absolute Gasteiger partial charge is 0.380 e. The lowest BCUT2D eigenvalue weighted by Gasteiger charge is -2.37. The van der Waals surface area contributed by atoms with Crippen LogP contribution in [-0.4, -0.2) is 19.3 Å². The quantitative estimate of drug-likeness (QED) is 0.544. The van der Waals surface area contributed by atoms with Crippen LogP contribution in [0.2, 0.25) is 0 Å². The van der Waals surface area contributed by atoms with E-state index in [0.29, 0.717) is 17.4 Å². The molecule has 1 atom stereocenters. The Morgan fingerprint density at radius 3 is 2.47 bits per heavy atom. The van der Waals surface area contributed by atoms with E-state index in [9.17, 15) is 0 Å². The van der Waals surface area contributed by atoms with Gasteiger partial charge in [-0.2, -0.15) is 0 Å². The number of rotatable bonds is 5. The van der Waals surface area contributed by atoms with Crippen molar-refractivity contribution in [2.24, 2.45) is 17.2 Å². The maximum Gasteiger partial charge on any atom is 0.0635 e. The highest BCUT2D eigenvalue weighted by atomic mass is 16.5. The predicted octanol–water partition coefficient (Wildman–Crippen LogP) is 2.07. The Bertz CT molecular complexity index is 172. The van der Waals surface area contributed by atoms with Gasteiger partial charge < -0.3 is 4.74 Å². The molecule has 1 saturated carbocycles. The van der Waals surface area contributed by atoms with Gasteiger partial charge in [-0.05, 0) is 43.9 Å². The molecule has 0 aliphatic heterocycles. The minimum absolute atomic E-state index is 0.334. The fourth-order valence-electron chi connectivity index (χ4n) is 2.39. The summed E-state index contributed by atoms with van der Waals surface area (Å²) in [5, 5.41) is 0. The summed E-state index contributed by atoms with van der Waals surface area (Å²) < 4.78 is 5.45. The van der Waals surface area contributed by atoms with Crippen molar-refractivity contribution in [2.75, 3.05) is 13.2 Å². The number of hydrogen-bond acceptors (Lipinski definition) is 3. The van der Waals surface area contributed by atoms with Gasteiger partial charge >= 0.3 is 0 Å². The fourth-order valence-corrected chi connectivity index (χ4v) is 2.39. The Morgan fingerprint density at radius 1 is 1.40 bits per heavy atom. The molecule has 15 heavy (non-hydrogen) atoms. The van der Waals surface area contributed by atoms with Crippen molar-refractivity contribution in [2.45, 2.75) is 52.5 Å². The molecular weight excluding hydrogens is 188 g/mol. The average Bonchev–Trinajstić information content (AvgIpc) is 2.21. The fraction of sp³-hybridized carbons (Fsp3) is 1.00. The SMILES string of the molecule is CCOCC(NN)C1CCC(C)(C)CC1. The standard InChI is InChI=1S/C12H26N2O/c1-4-15-9-11(14-13)10-5-7-12(2,3)8-6-10/h10-11,14H,4-9,13H2,1-3H3. The molecule has 1 rings (SSSR count). The summed E-state index contributed by atoms with van der Waals surface area (Å²) in [6.45, 7) is 8.26. The second kappa shape index (κ2) is 5.83. The van der Waals surface area contributed by atoms with Gasteiger partial charge in [-0.1, -0.05) is 13.8 Å². The van der Waals surface area contributed by atoms with E-state index < -0.39 is 0 Å². The van der Waals surface area contributed by atoms with Crippen LogP contribution in [0.5, 0.6) is 0 Å². The molecule has 0 amide bonds. The third kappa shape index (κ3) is 4.09. The van der Waals surface area contributed by atoms with Crippen molar-refractivity contribution in [3.05, 3.63) is 0 Å². The van der Waals surface area contributed by atoms with E-state index in [2.05, 4.69) is 19.3 Å². The Hall–Kier alpha value is -0.120. The van der Waals surface area contributed by atoms with Gasteiger partial charge in [0.1, 0.15) is 0 Å². The van der Waals surface area contributed by atoms with E-state index >= 15 is 0 Å². The number of hydrogen-bond donors (Lipinski definition) is 2. The lowest BCUT2D eigenvalue weighted by Crippen LogP contribution is -2.45. The van der Waals surface area contributed by atoms with E-state index in [1.54, 1.807) is 0 Å². The summed E-state index contributed by atoms with van der Waals surface area (Å²) in [6.07, 6.45) is 5.16. The van der Waals surface area contributed by atoms with E-state index in [1.807, 2.05) is 6.92 Å². The first-order valence-corrected chi connectivity index (χ1v) is 6.13. The molecule has 0 aromatic carbocycles. The molecule has 1 aliphatic rings. The summed E-state index contributed by atoms with van der Waals surface area (Å²) >= 11 is 0. The van der Waals surface area contributed by atoms with Crippen LogP contribution >= 0.6 is 0 Å². The molecule has 1 aliphatic carbocycles. The van der Waals surface area contributed by atoms with E-state index in [-0.39, 0.29) is 0 Å². The average molecular weight is 214 g/mol. The second-order valence-corrected chi connectivity index (χ2v) is 5.43. The summed E-state index contributed by atoms with van der Waals surface area (Å²) in [6, 6.07) is 0.334. The van der Waals surface area contributed by atoms with Crippen LogP contribution in [0.3, 0.4) is 0 Å². The highest BCUT2D eigenvalue weighted by Crippen LogP contribution is 2.39. The molecule has 0 saturated heterocycles. The first-order valence-electron chi connectivity index (χ1n) is 6.13. The van der Waals surface area contributed by atoms with Crippen LogP contribution in [0.25, 0.3) is 0 Å². The summed E-state index contributed by atoms with van der Waals surface area (Å²) in [5.41, 5.74) is 3.44. The summed E-state index contributed by atoms with van der Waals surface area (Å²) in [7, 11) is 0. The van der Waals surface area contributed by atoms with E-state index in [4.69, 9.17) is 10.6 Å². The Balaban J connectivity index is 2.35. The van der Waals surface area contributed by atoms with Gasteiger partial charge in [0.15, 0.2) is 0 Å². The molecular formula is C12H26N2O. The molecule has 3 heteroatoms. The summed E-state index contributed by atoms with van der Waals surface area (Å²) in [5.74, 6) is 6.27. The number of hydrazine groups is 1. The number of nitrogens with two attached hydrogens (primary N) is 1. The van der Waals surface area contributed by atoms with Gasteiger partial charge in [-0.25, -0.2) is 0 Å². The van der Waals surface area contributed by atoms with Crippen LogP contribution < -0.4 is 11.3 Å². The van der Waals surface area contributed by atoms with Crippen molar-refractivity contribution < 1.29 is 4.74 Å². The third-order valence-corrected chi connectivity index (χ3v) is 3.67. The van der Waals surface area contributed by atoms with Crippen molar-refractivity contribution >= 4 is 0 Å². The molecule has 3 nitrogen and oxygen atoms in total. The summed E-state index contributed by atoms with van der Waals surface area (Å²) in [4.78, 5) is 0. The maximum atomic E-state index is 5.58. The maximum absolute atomic E-state index is 5.58. The van der Waals surface area contributed by atoms with E-state index in [0.717, 1.165) is 13.2 Å². The Morgan fingerprint density at radius 2 is 2.00 bits per heavy atom. The van der Waals surface area contributed by atoms with Crippen LogP contribution in [-0.2, 0) is 4.74 Å². The zero-order valence-corrected chi connectivity index (χ0v) is 10.4. The third-order valence-electron chi connectivity index (χ3n) is 3.67. The van der Waals surface area contributed by atoms with Gasteiger partial charge in [0, 0.05) is 12.6 Å². The molecule has 0 radical (unpaired) electrons.